The van der Waals surface area contributed by atoms with E-state index in [-0.39, 0.29) is 5.91 Å². The van der Waals surface area contributed by atoms with E-state index in [0.717, 1.165) is 25.7 Å². The molecule has 140 valence electrons. The Morgan fingerprint density at radius 2 is 1.40 bits per heavy atom. The van der Waals surface area contributed by atoms with E-state index in [1.807, 2.05) is 6.08 Å². The monoisotopic (exact) mass is 347 g/mol. The Bertz CT molecular complexity index is 580. The van der Waals surface area contributed by atoms with Gasteiger partial charge in [-0.1, -0.05) is 68.4 Å². The van der Waals surface area contributed by atoms with Crippen molar-refractivity contribution in [3.63, 3.8) is 0 Å². The van der Waals surface area contributed by atoms with Crippen molar-refractivity contribution in [3.8, 4) is 0 Å². The fraction of sp³-hybridized carbons (Fsp3) is 0.609. The summed E-state index contributed by atoms with van der Waals surface area (Å²) in [7, 11) is 0. The number of rotatable bonds is 15. The predicted molar refractivity (Wildman–Crippen MR) is 110 cm³/mol. The molecule has 1 aliphatic rings. The van der Waals surface area contributed by atoms with Crippen LogP contribution >= 0.6 is 0 Å². The van der Waals surface area contributed by atoms with Crippen LogP contribution in [0.5, 0.6) is 0 Å². The summed E-state index contributed by atoms with van der Waals surface area (Å²) in [6.45, 7) is 2.22. The van der Waals surface area contributed by atoms with Gasteiger partial charge in [-0.25, -0.2) is 0 Å². The maximum absolute atomic E-state index is 11.7. The zero-order chi connectivity index (χ0) is 21.6. The van der Waals surface area contributed by atoms with E-state index in [4.69, 9.17) is 5.48 Å². The minimum Gasteiger partial charge on any atom is -0.353 e. The SMILES string of the molecule is [2H]C1([2H])C(NC(=O)CCCC=CCC=CCC=CCC=CCCCCC)C1([2H])[2H]. The van der Waals surface area contributed by atoms with Crippen LogP contribution in [0.3, 0.4) is 0 Å². The third kappa shape index (κ3) is 15.7. The molecule has 0 heterocycles. The van der Waals surface area contributed by atoms with Crippen molar-refractivity contribution in [1.82, 2.24) is 5.32 Å². The third-order valence-corrected chi connectivity index (χ3v) is 3.83. The van der Waals surface area contributed by atoms with Crippen molar-refractivity contribution in [2.75, 3.05) is 0 Å². The molecule has 0 aromatic rings. The molecule has 1 fully saturated rings. The Hall–Kier alpha value is -1.57. The summed E-state index contributed by atoms with van der Waals surface area (Å²) in [5.41, 5.74) is 0. The number of nitrogens with one attached hydrogen (secondary N) is 1. The molecule has 0 unspecified atom stereocenters. The topological polar surface area (TPSA) is 29.1 Å². The van der Waals surface area contributed by atoms with Crippen LogP contribution in [0.15, 0.2) is 48.6 Å². The second-order valence-electron chi connectivity index (χ2n) is 6.27. The minimum absolute atomic E-state index is 0.281. The largest absolute Gasteiger partial charge is 0.353 e. The van der Waals surface area contributed by atoms with Crippen LogP contribution in [0.4, 0.5) is 0 Å². The van der Waals surface area contributed by atoms with Gasteiger partial charge in [0.25, 0.3) is 0 Å². The van der Waals surface area contributed by atoms with Gasteiger partial charge in [0.15, 0.2) is 0 Å². The first-order chi connectivity index (χ1) is 13.8. The average Bonchev–Trinajstić information content (AvgIpc) is 3.06. The second-order valence-corrected chi connectivity index (χ2v) is 6.27. The van der Waals surface area contributed by atoms with Crippen molar-refractivity contribution in [2.24, 2.45) is 0 Å². The fourth-order valence-electron chi connectivity index (χ4n) is 2.29. The zero-order valence-corrected chi connectivity index (χ0v) is 15.7. The highest BCUT2D eigenvalue weighted by atomic mass is 16.1. The number of carbonyl (C=O) groups is 1. The summed E-state index contributed by atoms with van der Waals surface area (Å²) in [6.07, 6.45) is 23.0. The van der Waals surface area contributed by atoms with Crippen LogP contribution in [0.25, 0.3) is 0 Å². The summed E-state index contributed by atoms with van der Waals surface area (Å²) >= 11 is 0. The Balaban J connectivity index is 1.97. The Morgan fingerprint density at radius 1 is 0.880 bits per heavy atom. The van der Waals surface area contributed by atoms with Gasteiger partial charge in [0.2, 0.25) is 5.91 Å². The number of hydrogen-bond donors (Lipinski definition) is 1. The first kappa shape index (κ1) is 15.7. The summed E-state index contributed by atoms with van der Waals surface area (Å²) in [5, 5.41) is 2.45. The maximum Gasteiger partial charge on any atom is 0.220 e. The Labute approximate surface area is 160 Å². The van der Waals surface area contributed by atoms with Crippen molar-refractivity contribution >= 4 is 5.91 Å². The van der Waals surface area contributed by atoms with Gasteiger partial charge in [-0.2, -0.15) is 0 Å². The average molecular weight is 348 g/mol. The molecule has 1 saturated carbocycles. The molecule has 0 aromatic heterocycles. The van der Waals surface area contributed by atoms with Gasteiger partial charge in [0.1, 0.15) is 0 Å². The van der Waals surface area contributed by atoms with Gasteiger partial charge in [0, 0.05) is 17.9 Å². The molecule has 2 nitrogen and oxygen atoms in total. The Kier molecular flexibility index (Phi) is 9.98. The molecule has 0 saturated heterocycles. The number of amides is 1. The summed E-state index contributed by atoms with van der Waals surface area (Å²) < 4.78 is 29.8. The number of hydrogen-bond acceptors (Lipinski definition) is 1. The van der Waals surface area contributed by atoms with Crippen LogP contribution in [0.1, 0.15) is 89.4 Å². The van der Waals surface area contributed by atoms with Crippen molar-refractivity contribution < 1.29 is 10.3 Å². The van der Waals surface area contributed by atoms with Crippen LogP contribution in [-0.4, -0.2) is 11.9 Å². The van der Waals surface area contributed by atoms with Gasteiger partial charge in [0.05, 0.1) is 0 Å². The zero-order valence-electron chi connectivity index (χ0n) is 19.7. The number of allylic oxidation sites excluding steroid dienone is 8. The van der Waals surface area contributed by atoms with E-state index in [9.17, 15) is 4.79 Å². The quantitative estimate of drug-likeness (QED) is 0.269. The third-order valence-electron chi connectivity index (χ3n) is 3.83. The number of unbranched alkanes of at least 4 members (excludes halogenated alkanes) is 4. The van der Waals surface area contributed by atoms with Crippen LogP contribution in [-0.2, 0) is 4.79 Å². The molecular formula is C23H37NO. The first-order valence-electron chi connectivity index (χ1n) is 11.7. The van der Waals surface area contributed by atoms with E-state index in [2.05, 4.69) is 54.8 Å². The van der Waals surface area contributed by atoms with Crippen LogP contribution in [0, 0.1) is 0 Å². The van der Waals surface area contributed by atoms with E-state index < -0.39 is 18.8 Å². The van der Waals surface area contributed by atoms with Gasteiger partial charge in [-0.05, 0) is 57.7 Å². The fourth-order valence-corrected chi connectivity index (χ4v) is 2.29. The molecule has 0 bridgehead atoms. The van der Waals surface area contributed by atoms with E-state index in [0.29, 0.717) is 12.8 Å². The van der Waals surface area contributed by atoms with Gasteiger partial charge in [-0.15, -0.1) is 0 Å². The lowest BCUT2D eigenvalue weighted by atomic mass is 10.2. The lowest BCUT2D eigenvalue weighted by Crippen LogP contribution is -2.24. The highest BCUT2D eigenvalue weighted by molar-refractivity contribution is 5.76. The molecule has 1 rings (SSSR count). The van der Waals surface area contributed by atoms with Crippen LogP contribution in [0.2, 0.25) is 0 Å². The summed E-state index contributed by atoms with van der Waals surface area (Å²) in [5.74, 6) is -0.281. The lowest BCUT2D eigenvalue weighted by molar-refractivity contribution is -0.121. The molecule has 0 radical (unpaired) electrons. The van der Waals surface area contributed by atoms with Crippen molar-refractivity contribution in [1.29, 1.82) is 0 Å². The molecule has 1 amide bonds. The molecule has 0 aromatic carbocycles. The minimum atomic E-state index is -1.95. The first-order valence-corrected chi connectivity index (χ1v) is 9.73. The Morgan fingerprint density at radius 3 is 1.92 bits per heavy atom. The van der Waals surface area contributed by atoms with E-state index >= 15 is 0 Å². The van der Waals surface area contributed by atoms with E-state index in [1.165, 1.54) is 25.7 Å². The van der Waals surface area contributed by atoms with Crippen molar-refractivity contribution in [3.05, 3.63) is 48.6 Å². The molecule has 2 heteroatoms. The molecule has 1 N–H and O–H groups in total. The molecular weight excluding hydrogens is 306 g/mol. The van der Waals surface area contributed by atoms with Gasteiger partial charge in [-0.3, -0.25) is 4.79 Å². The van der Waals surface area contributed by atoms with Gasteiger partial charge >= 0.3 is 0 Å². The van der Waals surface area contributed by atoms with Gasteiger partial charge < -0.3 is 5.32 Å². The molecule has 0 aliphatic heterocycles. The highest BCUT2D eigenvalue weighted by Crippen LogP contribution is 2.18. The normalized spacial score (nSPS) is 21.6. The predicted octanol–water partition coefficient (Wildman–Crippen LogP) is 6.41. The highest BCUT2D eigenvalue weighted by Gasteiger charge is 2.22. The number of carbonyl (C=O) groups excluding carboxylic acids is 1. The molecule has 1 aliphatic carbocycles. The lowest BCUT2D eigenvalue weighted by Gasteiger charge is -2.00. The van der Waals surface area contributed by atoms with E-state index in [1.54, 1.807) is 0 Å². The second kappa shape index (κ2) is 15.9. The van der Waals surface area contributed by atoms with Crippen molar-refractivity contribution in [2.45, 2.75) is 89.9 Å². The van der Waals surface area contributed by atoms with Crippen LogP contribution < -0.4 is 5.32 Å². The summed E-state index contributed by atoms with van der Waals surface area (Å²) in [6, 6.07) is -1.01. The molecule has 0 spiro atoms. The molecule has 25 heavy (non-hydrogen) atoms. The maximum atomic E-state index is 11.7. The smallest absolute Gasteiger partial charge is 0.220 e. The summed E-state index contributed by atoms with van der Waals surface area (Å²) in [4.78, 5) is 11.7. The molecule has 0 atom stereocenters. The standard InChI is InChI=1S/C23H37NO/c1-2-3-4-5-6-7-8-9-10-11-12-13-14-15-16-17-18-19-23(25)24-22-20-21-22/h6-7,9-10,12-13,15-16,22H,2-5,8,11,14,17-21H2,1H3,(H,24,25)/i20D2,21D2.